The normalized spacial score (nSPS) is 20.2. The fraction of sp³-hybridized carbons (Fsp3) is 0.474. The molecule has 1 atom stereocenters. The molecule has 0 bridgehead atoms. The van der Waals surface area contributed by atoms with Gasteiger partial charge in [-0.25, -0.2) is 8.42 Å². The molecule has 0 spiro atoms. The maximum absolute atomic E-state index is 13.3. The van der Waals surface area contributed by atoms with E-state index in [-0.39, 0.29) is 22.5 Å². The maximum Gasteiger partial charge on any atom is 0.263 e. The number of hydrogen-bond donors (Lipinski definition) is 0. The van der Waals surface area contributed by atoms with Crippen LogP contribution < -0.4 is 4.90 Å². The van der Waals surface area contributed by atoms with Crippen LogP contribution in [0.3, 0.4) is 0 Å². The predicted molar refractivity (Wildman–Crippen MR) is 111 cm³/mol. The number of aryl methyl sites for hydroxylation is 2. The molecule has 29 heavy (non-hydrogen) atoms. The van der Waals surface area contributed by atoms with E-state index in [2.05, 4.69) is 10.00 Å². The second kappa shape index (κ2) is 7.30. The zero-order chi connectivity index (χ0) is 20.9. The van der Waals surface area contributed by atoms with Gasteiger partial charge in [0.25, 0.3) is 15.9 Å². The lowest BCUT2D eigenvalue weighted by atomic mass is 10.1. The van der Waals surface area contributed by atoms with Gasteiger partial charge in [0.05, 0.1) is 5.56 Å². The number of amides is 1. The molecule has 0 radical (unpaired) electrons. The van der Waals surface area contributed by atoms with Crippen LogP contribution in [0.15, 0.2) is 29.4 Å². The average molecular weight is 438 g/mol. The van der Waals surface area contributed by atoms with Gasteiger partial charge in [-0.15, -0.1) is 0 Å². The summed E-state index contributed by atoms with van der Waals surface area (Å²) < 4.78 is 29.3. The molecule has 0 saturated carbocycles. The quantitative estimate of drug-likeness (QED) is 0.681. The van der Waals surface area contributed by atoms with E-state index in [1.54, 1.807) is 11.9 Å². The third-order valence-electron chi connectivity index (χ3n) is 5.48. The summed E-state index contributed by atoms with van der Waals surface area (Å²) in [5.74, 6) is -0.280. The van der Waals surface area contributed by atoms with Gasteiger partial charge in [0.1, 0.15) is 0 Å². The summed E-state index contributed by atoms with van der Waals surface area (Å²) in [6.45, 7) is 6.30. The van der Waals surface area contributed by atoms with Crippen molar-refractivity contribution < 1.29 is 13.2 Å². The van der Waals surface area contributed by atoms with Gasteiger partial charge in [-0.3, -0.25) is 9.48 Å². The van der Waals surface area contributed by atoms with Crippen LogP contribution in [0.5, 0.6) is 0 Å². The fourth-order valence-electron chi connectivity index (χ4n) is 3.70. The topological polar surface area (TPSA) is 78.5 Å². The molecule has 1 aromatic heterocycles. The van der Waals surface area contributed by atoms with Crippen molar-refractivity contribution in [1.82, 2.24) is 19.0 Å². The monoisotopic (exact) mass is 437 g/mol. The summed E-state index contributed by atoms with van der Waals surface area (Å²) in [5, 5.41) is 4.62. The van der Waals surface area contributed by atoms with E-state index in [1.165, 1.54) is 15.2 Å². The molecule has 2 aromatic rings. The Kier molecular flexibility index (Phi) is 5.08. The third-order valence-corrected chi connectivity index (χ3v) is 7.55. The van der Waals surface area contributed by atoms with E-state index in [0.717, 1.165) is 11.3 Å². The number of rotatable bonds is 4. The highest BCUT2D eigenvalue weighted by Crippen LogP contribution is 2.28. The van der Waals surface area contributed by atoms with Crippen LogP contribution in [0.25, 0.3) is 0 Å². The number of nitrogens with zero attached hydrogens (tertiary/aromatic N) is 5. The van der Waals surface area contributed by atoms with Gasteiger partial charge < -0.3 is 9.80 Å². The van der Waals surface area contributed by atoms with E-state index in [1.807, 2.05) is 32.0 Å². The van der Waals surface area contributed by atoms with Crippen LogP contribution in [0.4, 0.5) is 5.69 Å². The zero-order valence-corrected chi connectivity index (χ0v) is 18.2. The lowest BCUT2D eigenvalue weighted by Gasteiger charge is -2.35. The molecule has 0 unspecified atom stereocenters. The van der Waals surface area contributed by atoms with Gasteiger partial charge in [0.15, 0.2) is 0 Å². The van der Waals surface area contributed by atoms with E-state index in [9.17, 15) is 13.2 Å². The van der Waals surface area contributed by atoms with Crippen molar-refractivity contribution in [3.05, 3.63) is 40.5 Å². The SMILES string of the molecule is Cc1ccc(Cl)cc1N1CCN(S(=O)(=O)c2nn(C)cc2C(=O)N2C[C@H]2C)CC1. The first-order chi connectivity index (χ1) is 13.7. The molecule has 4 rings (SSSR count). The van der Waals surface area contributed by atoms with Crippen molar-refractivity contribution in [3.8, 4) is 0 Å². The van der Waals surface area contributed by atoms with Gasteiger partial charge in [0, 0.05) is 62.7 Å². The number of piperazine rings is 1. The van der Waals surface area contributed by atoms with Crippen LogP contribution in [0.2, 0.25) is 5.02 Å². The Balaban J connectivity index is 1.54. The van der Waals surface area contributed by atoms with Crippen molar-refractivity contribution in [2.75, 3.05) is 37.6 Å². The summed E-state index contributed by atoms with van der Waals surface area (Å²) in [7, 11) is -2.24. The Morgan fingerprint density at radius 2 is 1.86 bits per heavy atom. The zero-order valence-electron chi connectivity index (χ0n) is 16.7. The number of anilines is 1. The van der Waals surface area contributed by atoms with Gasteiger partial charge in [-0.1, -0.05) is 17.7 Å². The van der Waals surface area contributed by atoms with Gasteiger partial charge in [-0.05, 0) is 31.5 Å². The minimum atomic E-state index is -3.86. The molecule has 2 aliphatic heterocycles. The summed E-state index contributed by atoms with van der Waals surface area (Å²) in [6, 6.07) is 5.85. The highest BCUT2D eigenvalue weighted by atomic mass is 35.5. The summed E-state index contributed by atoms with van der Waals surface area (Å²) in [4.78, 5) is 16.4. The molecular weight excluding hydrogens is 414 g/mol. The Morgan fingerprint density at radius 1 is 1.21 bits per heavy atom. The average Bonchev–Trinajstić information content (AvgIpc) is 3.28. The lowest BCUT2D eigenvalue weighted by Crippen LogP contribution is -2.49. The molecular formula is C19H24ClN5O3S. The number of halogens is 1. The summed E-state index contributed by atoms with van der Waals surface area (Å²) >= 11 is 6.13. The first-order valence-electron chi connectivity index (χ1n) is 9.54. The Bertz CT molecular complexity index is 1060. The summed E-state index contributed by atoms with van der Waals surface area (Å²) in [6.07, 6.45) is 1.49. The fourth-order valence-corrected chi connectivity index (χ4v) is 5.40. The standard InChI is InChI=1S/C19H24ClN5O3S/c1-13-4-5-15(20)10-17(13)23-6-8-24(9-7-23)29(27,28)18-16(12-22(3)21-18)19(26)25-11-14(25)2/h4-5,10,12,14H,6-9,11H2,1-3H3/t14-,25?/m1/s1. The molecule has 0 N–H and O–H groups in total. The van der Waals surface area contributed by atoms with Crippen LogP contribution in [-0.2, 0) is 17.1 Å². The highest BCUT2D eigenvalue weighted by Gasteiger charge is 2.40. The second-order valence-electron chi connectivity index (χ2n) is 7.65. The van der Waals surface area contributed by atoms with Crippen LogP contribution in [0, 0.1) is 6.92 Å². The largest absolute Gasteiger partial charge is 0.369 e. The molecule has 1 aromatic carbocycles. The number of carbonyl (C=O) groups excluding carboxylic acids is 1. The number of aromatic nitrogens is 2. The van der Waals surface area contributed by atoms with E-state index >= 15 is 0 Å². The molecule has 0 aliphatic carbocycles. The molecule has 156 valence electrons. The first kappa shape index (κ1) is 20.2. The highest BCUT2D eigenvalue weighted by molar-refractivity contribution is 7.89. The van der Waals surface area contributed by atoms with Gasteiger partial charge in [0.2, 0.25) is 5.03 Å². The lowest BCUT2D eigenvalue weighted by molar-refractivity contribution is 0.0872. The van der Waals surface area contributed by atoms with Crippen LogP contribution >= 0.6 is 11.6 Å². The molecule has 1 amide bonds. The van der Waals surface area contributed by atoms with Crippen molar-refractivity contribution in [1.29, 1.82) is 0 Å². The van der Waals surface area contributed by atoms with Crippen molar-refractivity contribution in [2.45, 2.75) is 24.9 Å². The van der Waals surface area contributed by atoms with Crippen LogP contribution in [0.1, 0.15) is 22.8 Å². The van der Waals surface area contributed by atoms with E-state index < -0.39 is 10.0 Å². The molecule has 3 heterocycles. The second-order valence-corrected chi connectivity index (χ2v) is 9.94. The number of benzene rings is 1. The number of hydrogen-bond acceptors (Lipinski definition) is 5. The maximum atomic E-state index is 13.3. The van der Waals surface area contributed by atoms with Crippen molar-refractivity contribution in [3.63, 3.8) is 0 Å². The molecule has 10 heteroatoms. The number of sulfonamides is 1. The van der Waals surface area contributed by atoms with E-state index in [4.69, 9.17) is 11.6 Å². The Labute approximate surface area is 175 Å². The van der Waals surface area contributed by atoms with Crippen molar-refractivity contribution >= 4 is 33.2 Å². The molecule has 2 aliphatic rings. The predicted octanol–water partition coefficient (Wildman–Crippen LogP) is 1.74. The third kappa shape index (κ3) is 3.74. The number of carbonyl (C=O) groups is 1. The Hall–Kier alpha value is -2.10. The first-order valence-corrected chi connectivity index (χ1v) is 11.4. The molecule has 2 saturated heterocycles. The smallest absolute Gasteiger partial charge is 0.263 e. The van der Waals surface area contributed by atoms with Crippen molar-refractivity contribution in [2.24, 2.45) is 7.05 Å². The van der Waals surface area contributed by atoms with Gasteiger partial charge >= 0.3 is 0 Å². The van der Waals surface area contributed by atoms with E-state index in [0.29, 0.717) is 37.7 Å². The molecule has 8 nitrogen and oxygen atoms in total. The van der Waals surface area contributed by atoms with Gasteiger partial charge in [-0.2, -0.15) is 9.40 Å². The molecule has 2 fully saturated rings. The Morgan fingerprint density at radius 3 is 2.48 bits per heavy atom. The minimum Gasteiger partial charge on any atom is -0.369 e. The summed E-state index contributed by atoms with van der Waals surface area (Å²) in [5.41, 5.74) is 2.25. The minimum absolute atomic E-state index is 0.141. The van der Waals surface area contributed by atoms with Crippen LogP contribution in [-0.4, -0.2) is 72.1 Å².